The minimum Gasteiger partial charge on any atom is -0.479 e. The second kappa shape index (κ2) is 10.7. The number of hydrogen-bond donors (Lipinski definition) is 2. The van der Waals surface area contributed by atoms with E-state index in [-0.39, 0.29) is 29.6 Å². The lowest BCUT2D eigenvalue weighted by Gasteiger charge is -2.51. The van der Waals surface area contributed by atoms with Crippen LogP contribution in [-0.4, -0.2) is 95.0 Å². The SMILES string of the molecule is CN1C(NC(=O)CN2CC3(CCC(c4ccccc4)(N(C)C)CC3)N(CC3CCC3)C2=O)=CC=CC1C(=O)O. The summed E-state index contributed by atoms with van der Waals surface area (Å²) < 4.78 is 0. The first-order valence-electron chi connectivity index (χ1n) is 14.1. The molecule has 5 rings (SSSR count). The Balaban J connectivity index is 1.32. The molecule has 2 aliphatic carbocycles. The van der Waals surface area contributed by atoms with Crippen LogP contribution in [0.3, 0.4) is 0 Å². The quantitative estimate of drug-likeness (QED) is 0.531. The van der Waals surface area contributed by atoms with Crippen LogP contribution in [0.25, 0.3) is 0 Å². The van der Waals surface area contributed by atoms with Crippen molar-refractivity contribution in [1.82, 2.24) is 24.9 Å². The van der Waals surface area contributed by atoms with Gasteiger partial charge in [0.1, 0.15) is 18.4 Å². The molecule has 3 amide bonds. The number of hydrogen-bond acceptors (Lipinski definition) is 5. The Labute approximate surface area is 231 Å². The highest BCUT2D eigenvalue weighted by Gasteiger charge is 2.55. The van der Waals surface area contributed by atoms with Crippen LogP contribution in [0, 0.1) is 5.92 Å². The van der Waals surface area contributed by atoms with Crippen LogP contribution < -0.4 is 5.32 Å². The molecule has 2 N–H and O–H groups in total. The molecule has 0 aromatic heterocycles. The monoisotopic (exact) mass is 535 g/mol. The minimum atomic E-state index is -0.988. The van der Waals surface area contributed by atoms with Gasteiger partial charge in [-0.1, -0.05) is 48.9 Å². The van der Waals surface area contributed by atoms with E-state index in [9.17, 15) is 19.5 Å². The molecule has 9 nitrogen and oxygen atoms in total. The number of carbonyl (C=O) groups excluding carboxylic acids is 2. The molecule has 39 heavy (non-hydrogen) atoms. The average Bonchev–Trinajstić information content (AvgIpc) is 3.13. The van der Waals surface area contributed by atoms with Crippen LogP contribution in [0.4, 0.5) is 4.79 Å². The summed E-state index contributed by atoms with van der Waals surface area (Å²) in [5.41, 5.74) is 0.961. The van der Waals surface area contributed by atoms with Crippen LogP contribution in [0.5, 0.6) is 0 Å². The molecule has 1 spiro atoms. The standard InChI is InChI=1S/C30H41N5O4/c1-32(2)30(23-11-5-4-6-12-23)17-15-29(16-18-30)21-34(28(39)35(29)19-22-9-7-10-22)20-26(36)31-25-14-8-13-24(27(37)38)33(25)3/h4-6,8,11-14,22,24H,7,9-10,15-21H2,1-3H3,(H,31,36)(H,37,38). The first kappa shape index (κ1) is 27.2. The van der Waals surface area contributed by atoms with Crippen molar-refractivity contribution in [3.8, 4) is 0 Å². The zero-order valence-corrected chi connectivity index (χ0v) is 23.3. The summed E-state index contributed by atoms with van der Waals surface area (Å²) in [6.07, 6.45) is 12.1. The van der Waals surface area contributed by atoms with Crippen molar-refractivity contribution in [2.45, 2.75) is 62.1 Å². The number of benzene rings is 1. The van der Waals surface area contributed by atoms with Crippen molar-refractivity contribution in [1.29, 1.82) is 0 Å². The number of amides is 3. The zero-order chi connectivity index (χ0) is 27.8. The molecular formula is C30H41N5O4. The third-order valence-corrected chi connectivity index (χ3v) is 9.60. The van der Waals surface area contributed by atoms with Crippen LogP contribution in [0.15, 0.2) is 54.4 Å². The highest BCUT2D eigenvalue weighted by atomic mass is 16.4. The maximum atomic E-state index is 13.8. The summed E-state index contributed by atoms with van der Waals surface area (Å²) in [6.45, 7) is 1.25. The van der Waals surface area contributed by atoms with E-state index in [1.54, 1.807) is 30.2 Å². The Morgan fingerprint density at radius 1 is 1.10 bits per heavy atom. The summed E-state index contributed by atoms with van der Waals surface area (Å²) in [5.74, 6) is -0.350. The number of allylic oxidation sites excluding steroid dienone is 2. The van der Waals surface area contributed by atoms with Gasteiger partial charge in [0.05, 0.1) is 5.54 Å². The Morgan fingerprint density at radius 2 is 1.79 bits per heavy atom. The van der Waals surface area contributed by atoms with Crippen LogP contribution in [0.2, 0.25) is 0 Å². The van der Waals surface area contributed by atoms with E-state index in [0.29, 0.717) is 18.3 Å². The molecular weight excluding hydrogens is 494 g/mol. The van der Waals surface area contributed by atoms with Crippen LogP contribution in [0.1, 0.15) is 50.5 Å². The number of aliphatic carboxylic acids is 1. The first-order chi connectivity index (χ1) is 18.6. The number of carboxylic acid groups (broad SMARTS) is 1. The first-order valence-corrected chi connectivity index (χ1v) is 14.1. The molecule has 0 bridgehead atoms. The number of carboxylic acids is 1. The molecule has 4 aliphatic rings. The fraction of sp³-hybridized carbons (Fsp3) is 0.567. The van der Waals surface area contributed by atoms with Gasteiger partial charge in [-0.2, -0.15) is 0 Å². The second-order valence-corrected chi connectivity index (χ2v) is 11.9. The highest BCUT2D eigenvalue weighted by molar-refractivity contribution is 5.87. The minimum absolute atomic E-state index is 0.0497. The smallest absolute Gasteiger partial charge is 0.330 e. The topological polar surface area (TPSA) is 96.4 Å². The van der Waals surface area contributed by atoms with Crippen molar-refractivity contribution in [3.05, 3.63) is 59.9 Å². The maximum Gasteiger partial charge on any atom is 0.330 e. The number of rotatable bonds is 8. The summed E-state index contributed by atoms with van der Waals surface area (Å²) in [5, 5.41) is 12.3. The molecule has 1 aromatic rings. The Hall–Kier alpha value is -3.33. The van der Waals surface area contributed by atoms with E-state index in [2.05, 4.69) is 59.5 Å². The molecule has 2 saturated carbocycles. The van der Waals surface area contributed by atoms with Gasteiger partial charge in [0.15, 0.2) is 0 Å². The Kier molecular flexibility index (Phi) is 7.46. The van der Waals surface area contributed by atoms with E-state index in [4.69, 9.17) is 0 Å². The van der Waals surface area contributed by atoms with Crippen molar-refractivity contribution >= 4 is 17.9 Å². The van der Waals surface area contributed by atoms with Gasteiger partial charge < -0.3 is 25.1 Å². The summed E-state index contributed by atoms with van der Waals surface area (Å²) in [7, 11) is 5.93. The molecule has 0 radical (unpaired) electrons. The Bertz CT molecular complexity index is 1150. The fourth-order valence-electron chi connectivity index (χ4n) is 6.89. The Morgan fingerprint density at radius 3 is 2.38 bits per heavy atom. The predicted molar refractivity (Wildman–Crippen MR) is 149 cm³/mol. The summed E-state index contributed by atoms with van der Waals surface area (Å²) in [6, 6.07) is 9.77. The number of likely N-dealkylation sites (N-methyl/N-ethyl adjacent to an activating group) is 1. The zero-order valence-electron chi connectivity index (χ0n) is 23.3. The average molecular weight is 536 g/mol. The summed E-state index contributed by atoms with van der Waals surface area (Å²) >= 11 is 0. The van der Waals surface area contributed by atoms with E-state index in [1.165, 1.54) is 16.9 Å². The third kappa shape index (κ3) is 5.04. The molecule has 1 unspecified atom stereocenters. The molecule has 1 aromatic carbocycles. The molecule has 210 valence electrons. The molecule has 3 fully saturated rings. The van der Waals surface area contributed by atoms with Crippen LogP contribution in [-0.2, 0) is 15.1 Å². The van der Waals surface area contributed by atoms with Crippen LogP contribution >= 0.6 is 0 Å². The van der Waals surface area contributed by atoms with Crippen molar-refractivity contribution in [3.63, 3.8) is 0 Å². The van der Waals surface area contributed by atoms with Crippen molar-refractivity contribution < 1.29 is 19.5 Å². The van der Waals surface area contributed by atoms with Gasteiger partial charge >= 0.3 is 12.0 Å². The number of urea groups is 1. The predicted octanol–water partition coefficient (Wildman–Crippen LogP) is 3.21. The van der Waals surface area contributed by atoms with Gasteiger partial charge in [-0.15, -0.1) is 0 Å². The van der Waals surface area contributed by atoms with Gasteiger partial charge in [0.2, 0.25) is 5.91 Å². The van der Waals surface area contributed by atoms with Gasteiger partial charge in [0, 0.05) is 25.7 Å². The highest BCUT2D eigenvalue weighted by Crippen LogP contribution is 2.49. The summed E-state index contributed by atoms with van der Waals surface area (Å²) in [4.78, 5) is 46.1. The van der Waals surface area contributed by atoms with Gasteiger partial charge in [-0.05, 0) is 70.2 Å². The van der Waals surface area contributed by atoms with Gasteiger partial charge in [-0.25, -0.2) is 9.59 Å². The van der Waals surface area contributed by atoms with Crippen molar-refractivity contribution in [2.24, 2.45) is 5.92 Å². The maximum absolute atomic E-state index is 13.8. The lowest BCUT2D eigenvalue weighted by molar-refractivity contribution is -0.140. The van der Waals surface area contributed by atoms with E-state index in [1.807, 2.05) is 0 Å². The van der Waals surface area contributed by atoms with E-state index < -0.39 is 12.0 Å². The second-order valence-electron chi connectivity index (χ2n) is 11.9. The molecule has 1 saturated heterocycles. The number of carbonyl (C=O) groups is 3. The van der Waals surface area contributed by atoms with Crippen molar-refractivity contribution in [2.75, 3.05) is 40.8 Å². The largest absolute Gasteiger partial charge is 0.479 e. The van der Waals surface area contributed by atoms with E-state index in [0.717, 1.165) is 45.1 Å². The fourth-order valence-corrected chi connectivity index (χ4v) is 6.89. The molecule has 9 heteroatoms. The third-order valence-electron chi connectivity index (χ3n) is 9.60. The molecule has 1 atom stereocenters. The number of nitrogens with zero attached hydrogens (tertiary/aromatic N) is 4. The molecule has 2 heterocycles. The lowest BCUT2D eigenvalue weighted by atomic mass is 9.68. The number of nitrogens with one attached hydrogen (secondary N) is 1. The van der Waals surface area contributed by atoms with E-state index >= 15 is 0 Å². The van der Waals surface area contributed by atoms with Gasteiger partial charge in [0.25, 0.3) is 0 Å². The van der Waals surface area contributed by atoms with Gasteiger partial charge in [-0.3, -0.25) is 9.69 Å². The normalized spacial score (nSPS) is 29.1. The molecule has 2 aliphatic heterocycles. The lowest BCUT2D eigenvalue weighted by Crippen LogP contribution is -2.56.